The fourth-order valence-electron chi connectivity index (χ4n) is 1.83. The second-order valence-electron chi connectivity index (χ2n) is 4.25. The van der Waals surface area contributed by atoms with Crippen LogP contribution in [0, 0.1) is 6.92 Å². The van der Waals surface area contributed by atoms with Crippen molar-refractivity contribution in [2.24, 2.45) is 7.05 Å². The summed E-state index contributed by atoms with van der Waals surface area (Å²) < 4.78 is 8.20. The van der Waals surface area contributed by atoms with Crippen molar-refractivity contribution < 1.29 is 9.53 Å². The molecule has 1 aromatic carbocycles. The number of benzene rings is 1. The van der Waals surface area contributed by atoms with Crippen LogP contribution in [0.15, 0.2) is 34.9 Å². The lowest BCUT2D eigenvalue weighted by Crippen LogP contribution is -2.15. The number of aromatic nitrogens is 1. The minimum absolute atomic E-state index is 0.0277. The van der Waals surface area contributed by atoms with Crippen LogP contribution in [0.2, 0.25) is 5.02 Å². The molecule has 0 saturated carbocycles. The monoisotopic (exact) mass is 341 g/mol. The maximum Gasteiger partial charge on any atom is 0.216 e. The van der Waals surface area contributed by atoms with E-state index in [0.717, 1.165) is 10.0 Å². The van der Waals surface area contributed by atoms with Gasteiger partial charge in [-0.25, -0.2) is 0 Å². The fourth-order valence-corrected chi connectivity index (χ4v) is 2.86. The van der Waals surface area contributed by atoms with E-state index in [1.54, 1.807) is 16.7 Å². The molecule has 19 heavy (non-hydrogen) atoms. The predicted octanol–water partition coefficient (Wildman–Crippen LogP) is 4.01. The molecule has 0 aliphatic rings. The van der Waals surface area contributed by atoms with E-state index in [4.69, 9.17) is 16.3 Å². The molecule has 1 aromatic heterocycles. The predicted molar refractivity (Wildman–Crippen MR) is 79.1 cm³/mol. The molecular weight excluding hydrogens is 330 g/mol. The molecular formula is C14H13BrClNO2. The third kappa shape index (κ3) is 3.19. The number of hydrogen-bond acceptors (Lipinski definition) is 2. The summed E-state index contributed by atoms with van der Waals surface area (Å²) in [6.07, 6.45) is 1.82. The Kier molecular flexibility index (Phi) is 4.32. The first kappa shape index (κ1) is 14.2. The SMILES string of the molecule is Cc1cc(Br)cc(Cl)c1OCC(=O)c1cccn1C. The number of halogens is 2. The summed E-state index contributed by atoms with van der Waals surface area (Å²) in [5.74, 6) is 0.471. The summed E-state index contributed by atoms with van der Waals surface area (Å²) in [5, 5.41) is 0.492. The van der Waals surface area contributed by atoms with Crippen molar-refractivity contribution in [3.05, 3.63) is 51.2 Å². The van der Waals surface area contributed by atoms with E-state index >= 15 is 0 Å². The lowest BCUT2D eigenvalue weighted by atomic mass is 10.2. The number of carbonyl (C=O) groups excluding carboxylic acids is 1. The molecule has 0 amide bonds. The molecule has 0 bridgehead atoms. The Hall–Kier alpha value is -1.26. The van der Waals surface area contributed by atoms with Crippen molar-refractivity contribution >= 4 is 33.3 Å². The van der Waals surface area contributed by atoms with Gasteiger partial charge in [0.25, 0.3) is 0 Å². The molecule has 0 radical (unpaired) electrons. The molecule has 1 heterocycles. The van der Waals surface area contributed by atoms with Gasteiger partial charge in [-0.1, -0.05) is 27.5 Å². The summed E-state index contributed by atoms with van der Waals surface area (Å²) in [6.45, 7) is 1.86. The number of ketones is 1. The quantitative estimate of drug-likeness (QED) is 0.786. The molecule has 0 N–H and O–H groups in total. The minimum Gasteiger partial charge on any atom is -0.484 e. The number of Topliss-reactive ketones (excluding diaryl/α,β-unsaturated/α-hetero) is 1. The summed E-state index contributed by atoms with van der Waals surface area (Å²) in [4.78, 5) is 12.0. The van der Waals surface area contributed by atoms with Crippen LogP contribution >= 0.6 is 27.5 Å². The zero-order chi connectivity index (χ0) is 14.0. The Labute approximate surface area is 125 Å². The first-order chi connectivity index (χ1) is 8.99. The third-order valence-electron chi connectivity index (χ3n) is 2.77. The Morgan fingerprint density at radius 3 is 2.79 bits per heavy atom. The first-order valence-electron chi connectivity index (χ1n) is 5.72. The molecule has 0 aliphatic heterocycles. The number of hydrogen-bond donors (Lipinski definition) is 0. The van der Waals surface area contributed by atoms with Gasteiger partial charge >= 0.3 is 0 Å². The second-order valence-corrected chi connectivity index (χ2v) is 5.57. The van der Waals surface area contributed by atoms with Crippen molar-refractivity contribution in [1.82, 2.24) is 4.57 Å². The van der Waals surface area contributed by atoms with Crippen LogP contribution in [-0.4, -0.2) is 17.0 Å². The summed E-state index contributed by atoms with van der Waals surface area (Å²) >= 11 is 9.46. The third-order valence-corrected chi connectivity index (χ3v) is 3.51. The maximum absolute atomic E-state index is 12.0. The van der Waals surface area contributed by atoms with Crippen molar-refractivity contribution in [3.8, 4) is 5.75 Å². The van der Waals surface area contributed by atoms with Crippen LogP contribution in [0.4, 0.5) is 0 Å². The van der Waals surface area contributed by atoms with Crippen molar-refractivity contribution in [3.63, 3.8) is 0 Å². The van der Waals surface area contributed by atoms with Crippen molar-refractivity contribution in [2.75, 3.05) is 6.61 Å². The number of ether oxygens (including phenoxy) is 1. The molecule has 0 atom stereocenters. The van der Waals surface area contributed by atoms with E-state index in [1.807, 2.05) is 32.3 Å². The van der Waals surface area contributed by atoms with E-state index < -0.39 is 0 Å². The van der Waals surface area contributed by atoms with Crippen LogP contribution < -0.4 is 4.74 Å². The average Bonchev–Trinajstić information content (AvgIpc) is 2.73. The van der Waals surface area contributed by atoms with Crippen LogP contribution in [0.1, 0.15) is 16.1 Å². The molecule has 3 nitrogen and oxygen atoms in total. The lowest BCUT2D eigenvalue weighted by Gasteiger charge is -2.11. The molecule has 0 unspecified atom stereocenters. The largest absolute Gasteiger partial charge is 0.484 e. The Balaban J connectivity index is 2.12. The van der Waals surface area contributed by atoms with Gasteiger partial charge in [-0.3, -0.25) is 4.79 Å². The van der Waals surface area contributed by atoms with Gasteiger partial charge in [-0.2, -0.15) is 0 Å². The summed E-state index contributed by atoms with van der Waals surface area (Å²) in [5.41, 5.74) is 1.50. The highest BCUT2D eigenvalue weighted by Gasteiger charge is 2.13. The van der Waals surface area contributed by atoms with Gasteiger partial charge in [0, 0.05) is 17.7 Å². The van der Waals surface area contributed by atoms with E-state index in [2.05, 4.69) is 15.9 Å². The second kappa shape index (κ2) is 5.80. The highest BCUT2D eigenvalue weighted by atomic mass is 79.9. The minimum atomic E-state index is -0.0779. The molecule has 2 rings (SSSR count). The van der Waals surface area contributed by atoms with E-state index in [0.29, 0.717) is 16.5 Å². The molecule has 0 aliphatic carbocycles. The number of carbonyl (C=O) groups is 1. The molecule has 100 valence electrons. The van der Waals surface area contributed by atoms with Gasteiger partial charge in [-0.15, -0.1) is 0 Å². The van der Waals surface area contributed by atoms with E-state index in [-0.39, 0.29) is 12.4 Å². The van der Waals surface area contributed by atoms with Crippen LogP contribution in [0.25, 0.3) is 0 Å². The van der Waals surface area contributed by atoms with Gasteiger partial charge in [0.15, 0.2) is 6.61 Å². The Morgan fingerprint density at radius 2 is 2.21 bits per heavy atom. The Bertz CT molecular complexity index is 599. The van der Waals surface area contributed by atoms with Gasteiger partial charge in [0.2, 0.25) is 5.78 Å². The molecule has 5 heteroatoms. The highest BCUT2D eigenvalue weighted by Crippen LogP contribution is 2.32. The normalized spacial score (nSPS) is 10.5. The van der Waals surface area contributed by atoms with Gasteiger partial charge in [0.1, 0.15) is 5.75 Å². The Morgan fingerprint density at radius 1 is 1.47 bits per heavy atom. The zero-order valence-electron chi connectivity index (χ0n) is 10.6. The first-order valence-corrected chi connectivity index (χ1v) is 6.89. The van der Waals surface area contributed by atoms with Crippen LogP contribution in [0.3, 0.4) is 0 Å². The molecule has 0 spiro atoms. The average molecular weight is 343 g/mol. The molecule has 0 saturated heterocycles. The number of nitrogens with zero attached hydrogens (tertiary/aromatic N) is 1. The van der Waals surface area contributed by atoms with Gasteiger partial charge < -0.3 is 9.30 Å². The topological polar surface area (TPSA) is 31.2 Å². The standard InChI is InChI=1S/C14H13BrClNO2/c1-9-6-10(15)7-11(16)14(9)19-8-13(18)12-4-3-5-17(12)2/h3-7H,8H2,1-2H3. The summed E-state index contributed by atoms with van der Waals surface area (Å²) in [7, 11) is 1.82. The van der Waals surface area contributed by atoms with E-state index in [1.165, 1.54) is 0 Å². The number of aryl methyl sites for hydroxylation is 2. The zero-order valence-corrected chi connectivity index (χ0v) is 13.0. The number of rotatable bonds is 4. The van der Waals surface area contributed by atoms with Crippen LogP contribution in [-0.2, 0) is 7.05 Å². The van der Waals surface area contributed by atoms with Gasteiger partial charge in [-0.05, 0) is 36.8 Å². The van der Waals surface area contributed by atoms with Crippen molar-refractivity contribution in [2.45, 2.75) is 6.92 Å². The lowest BCUT2D eigenvalue weighted by molar-refractivity contribution is 0.0913. The van der Waals surface area contributed by atoms with Crippen LogP contribution in [0.5, 0.6) is 5.75 Å². The highest BCUT2D eigenvalue weighted by molar-refractivity contribution is 9.10. The fraction of sp³-hybridized carbons (Fsp3) is 0.214. The molecule has 0 fully saturated rings. The van der Waals surface area contributed by atoms with E-state index in [9.17, 15) is 4.79 Å². The molecule has 2 aromatic rings. The smallest absolute Gasteiger partial charge is 0.216 e. The van der Waals surface area contributed by atoms with Gasteiger partial charge in [0.05, 0.1) is 10.7 Å². The maximum atomic E-state index is 12.0. The van der Waals surface area contributed by atoms with Crippen molar-refractivity contribution in [1.29, 1.82) is 0 Å². The summed E-state index contributed by atoms with van der Waals surface area (Å²) in [6, 6.07) is 7.23.